The van der Waals surface area contributed by atoms with Crippen LogP contribution in [0.5, 0.6) is 11.5 Å². The van der Waals surface area contributed by atoms with Gasteiger partial charge in [0.1, 0.15) is 11.5 Å². The third-order valence-corrected chi connectivity index (χ3v) is 6.32. The van der Waals surface area contributed by atoms with Crippen LogP contribution in [0, 0.1) is 6.92 Å². The topological polar surface area (TPSA) is 52.8 Å². The maximum atomic E-state index is 13.9. The lowest BCUT2D eigenvalue weighted by molar-refractivity contribution is 0.415. The van der Waals surface area contributed by atoms with E-state index in [9.17, 15) is 4.79 Å². The Labute approximate surface area is 183 Å². The standard InChI is InChI=1S/C27H20N2O3/c1-15-8-13-19-23(26(15)32-3)27(30)29-21-7-5-4-6-18(21)22-20(14-28-24(19)25(22)29)16-9-11-17(31-2)12-10-16/h4-14H,1-3H3. The first kappa shape index (κ1) is 18.6. The van der Waals surface area contributed by atoms with Crippen molar-refractivity contribution >= 4 is 38.1 Å². The highest BCUT2D eigenvalue weighted by atomic mass is 16.5. The molecule has 0 atom stereocenters. The van der Waals surface area contributed by atoms with E-state index in [2.05, 4.69) is 6.07 Å². The lowest BCUT2D eigenvalue weighted by Crippen LogP contribution is -2.14. The molecule has 5 nitrogen and oxygen atoms in total. The van der Waals surface area contributed by atoms with Gasteiger partial charge in [-0.25, -0.2) is 0 Å². The van der Waals surface area contributed by atoms with Crippen LogP contribution in [0.25, 0.3) is 49.2 Å². The first-order chi connectivity index (χ1) is 15.6. The number of benzene rings is 3. The van der Waals surface area contributed by atoms with Crippen LogP contribution in [0.3, 0.4) is 0 Å². The first-order valence-corrected chi connectivity index (χ1v) is 10.4. The summed E-state index contributed by atoms with van der Waals surface area (Å²) in [5.74, 6) is 1.40. The summed E-state index contributed by atoms with van der Waals surface area (Å²) in [5, 5.41) is 3.41. The Hall–Kier alpha value is -4.12. The molecule has 0 bridgehead atoms. The summed E-state index contributed by atoms with van der Waals surface area (Å²) in [6.07, 6.45) is 1.90. The van der Waals surface area contributed by atoms with Crippen molar-refractivity contribution in [2.24, 2.45) is 0 Å². The van der Waals surface area contributed by atoms with E-state index >= 15 is 0 Å². The molecule has 3 aromatic carbocycles. The average Bonchev–Trinajstić information content (AvgIpc) is 3.18. The lowest BCUT2D eigenvalue weighted by Gasteiger charge is -2.12. The van der Waals surface area contributed by atoms with Gasteiger partial charge in [-0.05, 0) is 36.2 Å². The molecule has 3 aromatic heterocycles. The number of pyridine rings is 2. The number of rotatable bonds is 3. The van der Waals surface area contributed by atoms with Crippen LogP contribution < -0.4 is 15.0 Å². The summed E-state index contributed by atoms with van der Waals surface area (Å²) in [5.41, 5.74) is 5.33. The smallest absolute Gasteiger partial charge is 0.267 e. The van der Waals surface area contributed by atoms with Gasteiger partial charge >= 0.3 is 0 Å². The number of hydrogen-bond donors (Lipinski definition) is 0. The van der Waals surface area contributed by atoms with E-state index in [-0.39, 0.29) is 5.56 Å². The van der Waals surface area contributed by atoms with Gasteiger partial charge in [0.05, 0.1) is 36.2 Å². The van der Waals surface area contributed by atoms with Crippen molar-refractivity contribution in [3.05, 3.63) is 82.8 Å². The van der Waals surface area contributed by atoms with Crippen molar-refractivity contribution < 1.29 is 9.47 Å². The molecule has 0 spiro atoms. The molecule has 6 aromatic rings. The summed E-state index contributed by atoms with van der Waals surface area (Å²) >= 11 is 0. The summed E-state index contributed by atoms with van der Waals surface area (Å²) in [7, 11) is 3.26. The largest absolute Gasteiger partial charge is 0.497 e. The minimum absolute atomic E-state index is 0.0899. The van der Waals surface area contributed by atoms with Crippen LogP contribution in [0.15, 0.2) is 71.7 Å². The molecule has 0 aliphatic rings. The Balaban J connectivity index is 1.87. The Morgan fingerprint density at radius 1 is 0.844 bits per heavy atom. The molecule has 0 saturated carbocycles. The van der Waals surface area contributed by atoms with Gasteiger partial charge in [-0.1, -0.05) is 42.5 Å². The van der Waals surface area contributed by atoms with Crippen molar-refractivity contribution in [1.29, 1.82) is 0 Å². The SMILES string of the molecule is COc1ccc(-c2cnc3c4ccc(C)c(OC)c4c(=O)n4c5ccccc5c2c34)cc1. The second-order valence-electron chi connectivity index (χ2n) is 7.97. The van der Waals surface area contributed by atoms with Crippen molar-refractivity contribution in [3.63, 3.8) is 0 Å². The number of ether oxygens (including phenoxy) is 2. The molecule has 0 aliphatic heterocycles. The quantitative estimate of drug-likeness (QED) is 0.351. The summed E-state index contributed by atoms with van der Waals surface area (Å²) < 4.78 is 12.8. The van der Waals surface area contributed by atoms with Gasteiger partial charge in [0.25, 0.3) is 5.56 Å². The third kappa shape index (κ3) is 2.33. The fraction of sp³-hybridized carbons (Fsp3) is 0.111. The van der Waals surface area contributed by atoms with Gasteiger partial charge in [-0.2, -0.15) is 0 Å². The third-order valence-electron chi connectivity index (χ3n) is 6.32. The molecule has 0 radical (unpaired) electrons. The molecule has 0 saturated heterocycles. The van der Waals surface area contributed by atoms with E-state index in [1.807, 2.05) is 67.7 Å². The molecule has 6 rings (SSSR count). The van der Waals surface area contributed by atoms with Crippen LogP contribution in [0.1, 0.15) is 5.56 Å². The van der Waals surface area contributed by atoms with E-state index in [0.717, 1.165) is 55.1 Å². The number of aromatic nitrogens is 2. The second kappa shape index (κ2) is 6.69. The predicted molar refractivity (Wildman–Crippen MR) is 128 cm³/mol. The summed E-state index contributed by atoms with van der Waals surface area (Å²) in [4.78, 5) is 18.7. The van der Waals surface area contributed by atoms with Crippen molar-refractivity contribution in [2.75, 3.05) is 14.2 Å². The van der Waals surface area contributed by atoms with Crippen LogP contribution >= 0.6 is 0 Å². The summed E-state index contributed by atoms with van der Waals surface area (Å²) in [6, 6.07) is 19.9. The second-order valence-corrected chi connectivity index (χ2v) is 7.97. The Bertz CT molecular complexity index is 1720. The highest BCUT2D eigenvalue weighted by molar-refractivity contribution is 6.23. The molecule has 32 heavy (non-hydrogen) atoms. The normalized spacial score (nSPS) is 11.7. The van der Waals surface area contributed by atoms with E-state index in [4.69, 9.17) is 14.5 Å². The molecule has 156 valence electrons. The molecule has 3 heterocycles. The molecule has 0 fully saturated rings. The number of para-hydroxylation sites is 1. The monoisotopic (exact) mass is 420 g/mol. The fourth-order valence-electron chi connectivity index (χ4n) is 4.86. The van der Waals surface area contributed by atoms with Gasteiger partial charge in [0.2, 0.25) is 0 Å². The highest BCUT2D eigenvalue weighted by Gasteiger charge is 2.23. The number of hydrogen-bond acceptors (Lipinski definition) is 4. The zero-order chi connectivity index (χ0) is 22.0. The molecule has 5 heteroatoms. The van der Waals surface area contributed by atoms with Crippen LogP contribution in [-0.4, -0.2) is 23.6 Å². The molecular formula is C27H20N2O3. The number of aryl methyl sites for hydroxylation is 1. The number of nitrogens with zero attached hydrogens (tertiary/aromatic N) is 2. The highest BCUT2D eigenvalue weighted by Crippen LogP contribution is 2.40. The van der Waals surface area contributed by atoms with Crippen LogP contribution in [0.2, 0.25) is 0 Å². The Kier molecular flexibility index (Phi) is 3.89. The van der Waals surface area contributed by atoms with Gasteiger partial charge < -0.3 is 9.47 Å². The molecule has 0 amide bonds. The van der Waals surface area contributed by atoms with Crippen LogP contribution in [0.4, 0.5) is 0 Å². The summed E-state index contributed by atoms with van der Waals surface area (Å²) in [6.45, 7) is 1.95. The first-order valence-electron chi connectivity index (χ1n) is 10.4. The molecule has 0 aliphatic carbocycles. The van der Waals surface area contributed by atoms with Crippen LogP contribution in [-0.2, 0) is 0 Å². The zero-order valence-corrected chi connectivity index (χ0v) is 18.0. The van der Waals surface area contributed by atoms with Crippen molar-refractivity contribution in [2.45, 2.75) is 6.92 Å². The van der Waals surface area contributed by atoms with Gasteiger partial charge in [-0.15, -0.1) is 0 Å². The van der Waals surface area contributed by atoms with Crippen molar-refractivity contribution in [1.82, 2.24) is 9.38 Å². The van der Waals surface area contributed by atoms with E-state index in [0.29, 0.717) is 11.1 Å². The van der Waals surface area contributed by atoms with E-state index in [1.54, 1.807) is 18.6 Å². The Morgan fingerprint density at radius 3 is 2.38 bits per heavy atom. The minimum Gasteiger partial charge on any atom is -0.497 e. The fourth-order valence-corrected chi connectivity index (χ4v) is 4.86. The maximum absolute atomic E-state index is 13.9. The van der Waals surface area contributed by atoms with E-state index < -0.39 is 0 Å². The lowest BCUT2D eigenvalue weighted by atomic mass is 9.99. The van der Waals surface area contributed by atoms with Gasteiger partial charge in [-0.3, -0.25) is 14.2 Å². The maximum Gasteiger partial charge on any atom is 0.267 e. The predicted octanol–water partition coefficient (Wildman–Crippen LogP) is 5.58. The Morgan fingerprint density at radius 2 is 1.62 bits per heavy atom. The van der Waals surface area contributed by atoms with Gasteiger partial charge in [0.15, 0.2) is 0 Å². The number of fused-ring (bicyclic) bond motifs is 5. The molecular weight excluding hydrogens is 400 g/mol. The molecule has 0 N–H and O–H groups in total. The zero-order valence-electron chi connectivity index (χ0n) is 18.0. The minimum atomic E-state index is -0.0899. The van der Waals surface area contributed by atoms with E-state index in [1.165, 1.54) is 0 Å². The van der Waals surface area contributed by atoms with Gasteiger partial charge in [0, 0.05) is 27.9 Å². The molecule has 0 unspecified atom stereocenters. The average molecular weight is 420 g/mol. The van der Waals surface area contributed by atoms with Crippen molar-refractivity contribution in [3.8, 4) is 22.6 Å². The number of methoxy groups -OCH3 is 2.